The van der Waals surface area contributed by atoms with Gasteiger partial charge in [0.05, 0.1) is 11.7 Å². The van der Waals surface area contributed by atoms with Crippen molar-refractivity contribution < 1.29 is 4.79 Å². The van der Waals surface area contributed by atoms with Crippen molar-refractivity contribution in [1.29, 1.82) is 0 Å². The van der Waals surface area contributed by atoms with Crippen molar-refractivity contribution in [1.82, 2.24) is 15.2 Å². The van der Waals surface area contributed by atoms with Gasteiger partial charge in [-0.3, -0.25) is 14.9 Å². The molecule has 0 radical (unpaired) electrons. The third kappa shape index (κ3) is 2.38. The van der Waals surface area contributed by atoms with E-state index in [1.54, 1.807) is 18.6 Å². The van der Waals surface area contributed by atoms with Crippen LogP contribution in [0.4, 0.5) is 0 Å². The molecule has 1 atom stereocenters. The van der Waals surface area contributed by atoms with Crippen LogP contribution in [0.2, 0.25) is 0 Å². The Morgan fingerprint density at radius 2 is 2.15 bits per heavy atom. The van der Waals surface area contributed by atoms with E-state index in [2.05, 4.69) is 15.2 Å². The standard InChI is InChI=1S/C15H14N4O/c16-15(20)7-13(11-2-1-5-17-8-11)10-3-4-14-12(6-10)9-18-19-14/h1-6,8-9,13H,7H2,(H2,16,20)(H,18,19). The quantitative estimate of drug-likeness (QED) is 0.757. The zero-order valence-corrected chi connectivity index (χ0v) is 10.8. The molecular formula is C15H14N4O. The first-order chi connectivity index (χ1) is 9.74. The number of primary amides is 1. The minimum absolute atomic E-state index is 0.0829. The highest BCUT2D eigenvalue weighted by Crippen LogP contribution is 2.29. The van der Waals surface area contributed by atoms with E-state index in [1.807, 2.05) is 30.3 Å². The van der Waals surface area contributed by atoms with Gasteiger partial charge in [0.25, 0.3) is 0 Å². The Hall–Kier alpha value is -2.69. The second-order valence-electron chi connectivity index (χ2n) is 4.73. The summed E-state index contributed by atoms with van der Waals surface area (Å²) in [6.45, 7) is 0. The number of aromatic amines is 1. The highest BCUT2D eigenvalue weighted by molar-refractivity contribution is 5.80. The zero-order chi connectivity index (χ0) is 13.9. The second kappa shape index (κ2) is 5.13. The van der Waals surface area contributed by atoms with Crippen LogP contribution in [0.25, 0.3) is 10.9 Å². The number of carbonyl (C=O) groups is 1. The molecule has 2 aromatic heterocycles. The van der Waals surface area contributed by atoms with Crippen LogP contribution in [0, 0.1) is 0 Å². The number of nitrogens with one attached hydrogen (secondary N) is 1. The van der Waals surface area contributed by atoms with E-state index in [4.69, 9.17) is 5.73 Å². The number of nitrogens with zero attached hydrogens (tertiary/aromatic N) is 2. The zero-order valence-electron chi connectivity index (χ0n) is 10.8. The van der Waals surface area contributed by atoms with Gasteiger partial charge >= 0.3 is 0 Å². The molecule has 5 heteroatoms. The van der Waals surface area contributed by atoms with Gasteiger partial charge in [-0.05, 0) is 29.3 Å². The minimum atomic E-state index is -0.328. The van der Waals surface area contributed by atoms with Gasteiger partial charge in [0.1, 0.15) is 0 Å². The summed E-state index contributed by atoms with van der Waals surface area (Å²) in [6, 6.07) is 9.79. The van der Waals surface area contributed by atoms with E-state index in [0.29, 0.717) is 0 Å². The molecule has 0 fully saturated rings. The lowest BCUT2D eigenvalue weighted by Gasteiger charge is -2.16. The van der Waals surface area contributed by atoms with E-state index in [0.717, 1.165) is 22.0 Å². The summed E-state index contributed by atoms with van der Waals surface area (Å²) in [5.74, 6) is -0.411. The highest BCUT2D eigenvalue weighted by Gasteiger charge is 2.17. The average molecular weight is 266 g/mol. The first-order valence-electron chi connectivity index (χ1n) is 6.35. The molecule has 1 unspecified atom stereocenters. The van der Waals surface area contributed by atoms with Crippen LogP contribution >= 0.6 is 0 Å². The second-order valence-corrected chi connectivity index (χ2v) is 4.73. The summed E-state index contributed by atoms with van der Waals surface area (Å²) in [7, 11) is 0. The lowest BCUT2D eigenvalue weighted by molar-refractivity contribution is -0.118. The number of pyridine rings is 1. The average Bonchev–Trinajstić information content (AvgIpc) is 2.93. The van der Waals surface area contributed by atoms with E-state index >= 15 is 0 Å². The number of carbonyl (C=O) groups excluding carboxylic acids is 1. The number of H-pyrrole nitrogens is 1. The molecule has 0 aliphatic heterocycles. The maximum Gasteiger partial charge on any atom is 0.218 e. The van der Waals surface area contributed by atoms with Crippen LogP contribution in [0.5, 0.6) is 0 Å². The number of fused-ring (bicyclic) bond motifs is 1. The van der Waals surface area contributed by atoms with Gasteiger partial charge in [-0.25, -0.2) is 0 Å². The molecular weight excluding hydrogens is 252 g/mol. The van der Waals surface area contributed by atoms with Crippen LogP contribution in [-0.4, -0.2) is 21.1 Å². The molecule has 5 nitrogen and oxygen atoms in total. The van der Waals surface area contributed by atoms with E-state index in [1.165, 1.54) is 0 Å². The van der Waals surface area contributed by atoms with Gasteiger partial charge in [0, 0.05) is 30.1 Å². The number of nitrogens with two attached hydrogens (primary N) is 1. The number of rotatable bonds is 4. The Bertz CT molecular complexity index is 736. The Kier molecular flexibility index (Phi) is 3.16. The van der Waals surface area contributed by atoms with Gasteiger partial charge < -0.3 is 5.73 Å². The number of hydrogen-bond acceptors (Lipinski definition) is 3. The molecule has 1 aromatic carbocycles. The Labute approximate surface area is 115 Å². The van der Waals surface area contributed by atoms with Crippen molar-refractivity contribution in [3.8, 4) is 0 Å². The number of aromatic nitrogens is 3. The molecule has 1 amide bonds. The fourth-order valence-electron chi connectivity index (χ4n) is 2.39. The topological polar surface area (TPSA) is 84.7 Å². The molecule has 3 N–H and O–H groups in total. The summed E-state index contributed by atoms with van der Waals surface area (Å²) >= 11 is 0. The summed E-state index contributed by atoms with van der Waals surface area (Å²) in [5, 5.41) is 7.93. The molecule has 0 saturated heterocycles. The number of benzene rings is 1. The molecule has 0 aliphatic carbocycles. The lowest BCUT2D eigenvalue weighted by atomic mass is 9.89. The normalized spacial score (nSPS) is 12.4. The number of amides is 1. The Morgan fingerprint density at radius 1 is 1.25 bits per heavy atom. The fourth-order valence-corrected chi connectivity index (χ4v) is 2.39. The summed E-state index contributed by atoms with van der Waals surface area (Å²) < 4.78 is 0. The van der Waals surface area contributed by atoms with Gasteiger partial charge in [-0.15, -0.1) is 0 Å². The SMILES string of the molecule is NC(=O)CC(c1cccnc1)c1ccc2[nH]ncc2c1. The highest BCUT2D eigenvalue weighted by atomic mass is 16.1. The monoisotopic (exact) mass is 266 g/mol. The van der Waals surface area contributed by atoms with Crippen molar-refractivity contribution in [3.05, 3.63) is 60.0 Å². The van der Waals surface area contributed by atoms with Crippen molar-refractivity contribution in [2.45, 2.75) is 12.3 Å². The maximum atomic E-state index is 11.4. The van der Waals surface area contributed by atoms with Crippen LogP contribution in [0.15, 0.2) is 48.9 Å². The van der Waals surface area contributed by atoms with E-state index < -0.39 is 0 Å². The van der Waals surface area contributed by atoms with Crippen LogP contribution < -0.4 is 5.73 Å². The van der Waals surface area contributed by atoms with Crippen LogP contribution in [0.1, 0.15) is 23.5 Å². The van der Waals surface area contributed by atoms with Gasteiger partial charge in [-0.2, -0.15) is 5.10 Å². The van der Waals surface area contributed by atoms with E-state index in [9.17, 15) is 4.79 Å². The number of hydrogen-bond donors (Lipinski definition) is 2. The molecule has 3 aromatic rings. The van der Waals surface area contributed by atoms with Crippen molar-refractivity contribution in [2.24, 2.45) is 5.73 Å². The summed E-state index contributed by atoms with van der Waals surface area (Å²) in [4.78, 5) is 15.5. The van der Waals surface area contributed by atoms with Gasteiger partial charge in [0.2, 0.25) is 5.91 Å². The predicted molar refractivity (Wildman–Crippen MR) is 76.0 cm³/mol. The molecule has 3 rings (SSSR count). The third-order valence-corrected chi connectivity index (χ3v) is 3.36. The largest absolute Gasteiger partial charge is 0.370 e. The Morgan fingerprint density at radius 3 is 2.90 bits per heavy atom. The predicted octanol–water partition coefficient (Wildman–Crippen LogP) is 1.97. The fraction of sp³-hybridized carbons (Fsp3) is 0.133. The van der Waals surface area contributed by atoms with E-state index in [-0.39, 0.29) is 18.2 Å². The first kappa shape index (κ1) is 12.3. The van der Waals surface area contributed by atoms with Gasteiger partial charge in [-0.1, -0.05) is 12.1 Å². The molecule has 20 heavy (non-hydrogen) atoms. The third-order valence-electron chi connectivity index (χ3n) is 3.36. The molecule has 100 valence electrons. The summed E-state index contributed by atoms with van der Waals surface area (Å²) in [6.07, 6.45) is 5.51. The lowest BCUT2D eigenvalue weighted by Crippen LogP contribution is -2.16. The maximum absolute atomic E-state index is 11.4. The van der Waals surface area contributed by atoms with Crippen molar-refractivity contribution >= 4 is 16.8 Å². The molecule has 2 heterocycles. The molecule has 0 bridgehead atoms. The van der Waals surface area contributed by atoms with Crippen LogP contribution in [-0.2, 0) is 4.79 Å². The first-order valence-corrected chi connectivity index (χ1v) is 6.35. The van der Waals surface area contributed by atoms with Crippen molar-refractivity contribution in [2.75, 3.05) is 0 Å². The molecule has 0 spiro atoms. The molecule has 0 aliphatic rings. The minimum Gasteiger partial charge on any atom is -0.370 e. The summed E-state index contributed by atoms with van der Waals surface area (Å²) in [5.41, 5.74) is 8.37. The molecule has 0 saturated carbocycles. The smallest absolute Gasteiger partial charge is 0.218 e. The van der Waals surface area contributed by atoms with Crippen LogP contribution in [0.3, 0.4) is 0 Å². The van der Waals surface area contributed by atoms with Crippen molar-refractivity contribution in [3.63, 3.8) is 0 Å². The van der Waals surface area contributed by atoms with Gasteiger partial charge in [0.15, 0.2) is 0 Å². The Balaban J connectivity index is 2.06.